The quantitative estimate of drug-likeness (QED) is 0.232. The van der Waals surface area contributed by atoms with Crippen LogP contribution in [0.5, 0.6) is 0 Å². The van der Waals surface area contributed by atoms with Crippen molar-refractivity contribution in [2.45, 2.75) is 25.9 Å². The number of fused-ring (bicyclic) bond motifs is 1. The molecule has 3 rings (SSSR count). The summed E-state index contributed by atoms with van der Waals surface area (Å²) in [6, 6.07) is 11.0. The predicted molar refractivity (Wildman–Crippen MR) is 117 cm³/mol. The highest BCUT2D eigenvalue weighted by Crippen LogP contribution is 2.02. The maximum absolute atomic E-state index is 11.6. The highest BCUT2D eigenvalue weighted by Gasteiger charge is 2.05. The molecule has 0 aliphatic carbocycles. The van der Waals surface area contributed by atoms with Gasteiger partial charge in [0.1, 0.15) is 0 Å². The minimum absolute atomic E-state index is 0. The van der Waals surface area contributed by atoms with E-state index in [1.165, 1.54) is 0 Å². The molecule has 2 N–H and O–H groups in total. The van der Waals surface area contributed by atoms with Crippen molar-refractivity contribution in [2.75, 3.05) is 13.6 Å². The molecule has 0 bridgehead atoms. The van der Waals surface area contributed by atoms with E-state index in [1.54, 1.807) is 23.7 Å². The van der Waals surface area contributed by atoms with Crippen molar-refractivity contribution in [3.05, 3.63) is 65.0 Å². The number of aliphatic imine (C=N–C) groups is 1. The van der Waals surface area contributed by atoms with Crippen molar-refractivity contribution < 1.29 is 0 Å². The number of nitrogens with zero attached hydrogens (tertiary/aromatic N) is 5. The van der Waals surface area contributed by atoms with E-state index in [4.69, 9.17) is 0 Å². The average Bonchev–Trinajstić information content (AvgIpc) is 3.08. The molecule has 0 unspecified atom stereocenters. The van der Waals surface area contributed by atoms with Crippen molar-refractivity contribution in [1.29, 1.82) is 0 Å². The number of guanidine groups is 1. The number of aromatic nitrogens is 4. The van der Waals surface area contributed by atoms with E-state index >= 15 is 0 Å². The number of halogens is 1. The Kier molecular flexibility index (Phi) is 8.24. The second-order valence-corrected chi connectivity index (χ2v) is 5.84. The lowest BCUT2D eigenvalue weighted by atomic mass is 10.3. The minimum atomic E-state index is 0. The van der Waals surface area contributed by atoms with Crippen molar-refractivity contribution in [3.8, 4) is 0 Å². The highest BCUT2D eigenvalue weighted by molar-refractivity contribution is 14.0. The van der Waals surface area contributed by atoms with E-state index in [2.05, 4.69) is 25.8 Å². The summed E-state index contributed by atoms with van der Waals surface area (Å²) in [5, 5.41) is 14.8. The molecule has 3 heterocycles. The van der Waals surface area contributed by atoms with Crippen molar-refractivity contribution in [2.24, 2.45) is 4.99 Å². The molecular weight excluding hydrogens is 457 g/mol. The SMILES string of the molecule is CN=C(NCCCCn1ccccc1=O)NCc1nnc2ccccn12.I. The standard InChI is InChI=1S/C18H23N7O.HI/c1-19-18(20-10-4-7-12-24-11-5-3-9-17(24)26)21-14-16-23-22-15-8-2-6-13-25(15)16;/h2-3,5-6,8-9,11,13H,4,7,10,12,14H2,1H3,(H2,19,20,21);1H. The van der Waals surface area contributed by atoms with Gasteiger partial charge in [0.15, 0.2) is 17.4 Å². The third kappa shape index (κ3) is 5.78. The molecule has 0 spiro atoms. The van der Waals surface area contributed by atoms with Crippen LogP contribution in [0.3, 0.4) is 0 Å². The Labute approximate surface area is 174 Å². The van der Waals surface area contributed by atoms with E-state index in [0.29, 0.717) is 6.54 Å². The molecule has 0 fully saturated rings. The molecule has 0 saturated carbocycles. The summed E-state index contributed by atoms with van der Waals surface area (Å²) in [4.78, 5) is 15.9. The average molecular weight is 481 g/mol. The van der Waals surface area contributed by atoms with E-state index in [-0.39, 0.29) is 29.5 Å². The fraction of sp³-hybridized carbons (Fsp3) is 0.333. The summed E-state index contributed by atoms with van der Waals surface area (Å²) in [6.45, 7) is 2.03. The number of aryl methyl sites for hydroxylation is 1. The van der Waals surface area contributed by atoms with Gasteiger partial charge in [0.25, 0.3) is 0 Å². The number of nitrogens with one attached hydrogen (secondary N) is 2. The maximum atomic E-state index is 11.6. The zero-order valence-electron chi connectivity index (χ0n) is 15.2. The van der Waals surface area contributed by atoms with Crippen LogP contribution in [0.4, 0.5) is 0 Å². The zero-order chi connectivity index (χ0) is 18.2. The van der Waals surface area contributed by atoms with Gasteiger partial charge in [0, 0.05) is 38.6 Å². The van der Waals surface area contributed by atoms with Crippen molar-refractivity contribution >= 4 is 35.6 Å². The van der Waals surface area contributed by atoms with Gasteiger partial charge in [-0.1, -0.05) is 12.1 Å². The third-order valence-corrected chi connectivity index (χ3v) is 4.04. The fourth-order valence-corrected chi connectivity index (χ4v) is 2.65. The molecule has 3 aromatic rings. The van der Waals surface area contributed by atoms with Gasteiger partial charge in [-0.2, -0.15) is 0 Å². The van der Waals surface area contributed by atoms with Crippen LogP contribution < -0.4 is 16.2 Å². The Morgan fingerprint density at radius 1 is 1.07 bits per heavy atom. The Balaban J connectivity index is 0.00000261. The maximum Gasteiger partial charge on any atom is 0.250 e. The van der Waals surface area contributed by atoms with Gasteiger partial charge in [0.2, 0.25) is 5.56 Å². The van der Waals surface area contributed by atoms with Crippen LogP contribution >= 0.6 is 24.0 Å². The summed E-state index contributed by atoms with van der Waals surface area (Å²) in [5.41, 5.74) is 0.863. The van der Waals surface area contributed by atoms with Gasteiger partial charge < -0.3 is 15.2 Å². The molecule has 0 aliphatic rings. The summed E-state index contributed by atoms with van der Waals surface area (Å²) >= 11 is 0. The first-order chi connectivity index (χ1) is 12.8. The topological polar surface area (TPSA) is 88.6 Å². The van der Waals surface area contributed by atoms with Crippen LogP contribution in [0.2, 0.25) is 0 Å². The van der Waals surface area contributed by atoms with Gasteiger partial charge in [-0.3, -0.25) is 14.2 Å². The lowest BCUT2D eigenvalue weighted by molar-refractivity contribution is 0.585. The molecule has 0 aliphatic heterocycles. The summed E-state index contributed by atoms with van der Waals surface area (Å²) in [6.07, 6.45) is 5.62. The predicted octanol–water partition coefficient (Wildman–Crippen LogP) is 1.65. The molecule has 144 valence electrons. The van der Waals surface area contributed by atoms with E-state index < -0.39 is 0 Å². The first-order valence-electron chi connectivity index (χ1n) is 8.66. The third-order valence-electron chi connectivity index (χ3n) is 4.04. The Hall–Kier alpha value is -2.43. The Morgan fingerprint density at radius 3 is 2.70 bits per heavy atom. The number of pyridine rings is 2. The summed E-state index contributed by atoms with van der Waals surface area (Å²) in [5.74, 6) is 1.54. The Morgan fingerprint density at radius 2 is 1.89 bits per heavy atom. The molecule has 27 heavy (non-hydrogen) atoms. The summed E-state index contributed by atoms with van der Waals surface area (Å²) in [7, 11) is 1.74. The summed E-state index contributed by atoms with van der Waals surface area (Å²) < 4.78 is 3.67. The van der Waals surface area contributed by atoms with E-state index in [9.17, 15) is 4.79 Å². The molecule has 0 aromatic carbocycles. The van der Waals surface area contributed by atoms with Crippen LogP contribution in [0, 0.1) is 0 Å². The van der Waals surface area contributed by atoms with Crippen LogP contribution in [0.1, 0.15) is 18.7 Å². The molecule has 0 radical (unpaired) electrons. The highest BCUT2D eigenvalue weighted by atomic mass is 127. The fourth-order valence-electron chi connectivity index (χ4n) is 2.65. The molecular formula is C18H24IN7O. The molecule has 0 saturated heterocycles. The monoisotopic (exact) mass is 481 g/mol. The molecule has 9 heteroatoms. The molecule has 3 aromatic heterocycles. The van der Waals surface area contributed by atoms with Gasteiger partial charge in [-0.05, 0) is 31.0 Å². The Bertz CT molecular complexity index is 934. The normalized spacial score (nSPS) is 11.2. The first kappa shape index (κ1) is 20.9. The minimum Gasteiger partial charge on any atom is -0.356 e. The smallest absolute Gasteiger partial charge is 0.250 e. The largest absolute Gasteiger partial charge is 0.356 e. The van der Waals surface area contributed by atoms with E-state index in [1.807, 2.05) is 41.1 Å². The van der Waals surface area contributed by atoms with Gasteiger partial charge in [0.05, 0.1) is 6.54 Å². The second-order valence-electron chi connectivity index (χ2n) is 5.84. The number of rotatable bonds is 7. The molecule has 0 atom stereocenters. The van der Waals surface area contributed by atoms with Crippen LogP contribution in [-0.2, 0) is 13.1 Å². The van der Waals surface area contributed by atoms with Gasteiger partial charge in [-0.15, -0.1) is 34.2 Å². The second kappa shape index (κ2) is 10.7. The number of hydrogen-bond acceptors (Lipinski definition) is 4. The van der Waals surface area contributed by atoms with Crippen LogP contribution in [0.25, 0.3) is 5.65 Å². The van der Waals surface area contributed by atoms with Gasteiger partial charge >= 0.3 is 0 Å². The molecule has 0 amide bonds. The van der Waals surface area contributed by atoms with Crippen LogP contribution in [-0.4, -0.2) is 38.7 Å². The van der Waals surface area contributed by atoms with Crippen LogP contribution in [0.15, 0.2) is 58.6 Å². The first-order valence-corrected chi connectivity index (χ1v) is 8.66. The van der Waals surface area contributed by atoms with E-state index in [0.717, 1.165) is 43.4 Å². The van der Waals surface area contributed by atoms with Crippen molar-refractivity contribution in [1.82, 2.24) is 29.8 Å². The number of hydrogen-bond donors (Lipinski definition) is 2. The van der Waals surface area contributed by atoms with Crippen molar-refractivity contribution in [3.63, 3.8) is 0 Å². The molecule has 8 nitrogen and oxygen atoms in total. The lowest BCUT2D eigenvalue weighted by Crippen LogP contribution is -2.37. The lowest BCUT2D eigenvalue weighted by Gasteiger charge is -2.11. The van der Waals surface area contributed by atoms with Gasteiger partial charge in [-0.25, -0.2) is 0 Å². The zero-order valence-corrected chi connectivity index (χ0v) is 17.5. The number of unbranched alkanes of at least 4 members (excludes halogenated alkanes) is 1.